The van der Waals surface area contributed by atoms with Crippen molar-refractivity contribution < 1.29 is 5.11 Å². The quantitative estimate of drug-likeness (QED) is 0.796. The first-order chi connectivity index (χ1) is 9.23. The van der Waals surface area contributed by atoms with Crippen molar-refractivity contribution in [1.29, 1.82) is 0 Å². The van der Waals surface area contributed by atoms with Crippen molar-refractivity contribution in [1.82, 2.24) is 5.32 Å². The Bertz CT molecular complexity index is 381. The van der Waals surface area contributed by atoms with Crippen molar-refractivity contribution in [2.24, 2.45) is 0 Å². The molecule has 0 bridgehead atoms. The predicted molar refractivity (Wildman–Crippen MR) is 80.2 cm³/mol. The molecule has 19 heavy (non-hydrogen) atoms. The summed E-state index contributed by atoms with van der Waals surface area (Å²) in [6.07, 6.45) is 7.88. The molecule has 0 heterocycles. The molecule has 1 aromatic rings. The lowest BCUT2D eigenvalue weighted by molar-refractivity contribution is 0.0250. The largest absolute Gasteiger partial charge is 0.389 e. The minimum atomic E-state index is -0.475. The maximum atomic E-state index is 10.6. The van der Waals surface area contributed by atoms with Gasteiger partial charge in [0.05, 0.1) is 5.60 Å². The van der Waals surface area contributed by atoms with Crippen molar-refractivity contribution in [3.05, 3.63) is 35.4 Å². The molecule has 1 aliphatic carbocycles. The molecule has 0 amide bonds. The topological polar surface area (TPSA) is 32.3 Å². The van der Waals surface area contributed by atoms with Crippen LogP contribution >= 0.6 is 0 Å². The van der Waals surface area contributed by atoms with Crippen molar-refractivity contribution in [2.45, 2.75) is 64.0 Å². The number of hydrogen-bond donors (Lipinski definition) is 2. The smallest absolute Gasteiger partial charge is 0.0771 e. The van der Waals surface area contributed by atoms with Gasteiger partial charge in [-0.05, 0) is 30.4 Å². The van der Waals surface area contributed by atoms with E-state index in [9.17, 15) is 5.11 Å². The highest BCUT2D eigenvalue weighted by Crippen LogP contribution is 2.26. The molecular weight excluding hydrogens is 234 g/mol. The van der Waals surface area contributed by atoms with Gasteiger partial charge in [-0.3, -0.25) is 0 Å². The highest BCUT2D eigenvalue weighted by molar-refractivity contribution is 5.26. The lowest BCUT2D eigenvalue weighted by Crippen LogP contribution is -2.40. The summed E-state index contributed by atoms with van der Waals surface area (Å²) < 4.78 is 0. The van der Waals surface area contributed by atoms with Gasteiger partial charge < -0.3 is 10.4 Å². The van der Waals surface area contributed by atoms with E-state index in [2.05, 4.69) is 36.5 Å². The van der Waals surface area contributed by atoms with Crippen molar-refractivity contribution in [2.75, 3.05) is 6.54 Å². The predicted octanol–water partition coefficient (Wildman–Crippen LogP) is 3.42. The third kappa shape index (κ3) is 4.32. The molecule has 0 aromatic heterocycles. The highest BCUT2D eigenvalue weighted by atomic mass is 16.3. The molecule has 0 radical (unpaired) electrons. The lowest BCUT2D eigenvalue weighted by Gasteiger charge is -2.27. The summed E-state index contributed by atoms with van der Waals surface area (Å²) in [5, 5.41) is 14.1. The Morgan fingerprint density at radius 3 is 2.32 bits per heavy atom. The van der Waals surface area contributed by atoms with Crippen LogP contribution in [0.5, 0.6) is 0 Å². The lowest BCUT2D eigenvalue weighted by atomic mass is 9.94. The summed E-state index contributed by atoms with van der Waals surface area (Å²) >= 11 is 0. The van der Waals surface area contributed by atoms with E-state index in [-0.39, 0.29) is 0 Å². The minimum absolute atomic E-state index is 0.475. The second kappa shape index (κ2) is 7.06. The normalized spacial score (nSPS) is 19.1. The van der Waals surface area contributed by atoms with E-state index in [1.54, 1.807) is 0 Å². The third-order valence-electron chi connectivity index (χ3n) is 4.30. The Kier molecular flexibility index (Phi) is 5.41. The van der Waals surface area contributed by atoms with Crippen LogP contribution in [0.4, 0.5) is 0 Å². The van der Waals surface area contributed by atoms with Crippen LogP contribution in [-0.2, 0) is 13.0 Å². The molecule has 1 aromatic carbocycles. The molecule has 0 unspecified atom stereocenters. The average Bonchev–Trinajstić information content (AvgIpc) is 2.64. The summed E-state index contributed by atoms with van der Waals surface area (Å²) in [6, 6.07) is 8.57. The van der Waals surface area contributed by atoms with E-state index < -0.39 is 5.60 Å². The zero-order valence-electron chi connectivity index (χ0n) is 12.1. The van der Waals surface area contributed by atoms with Gasteiger partial charge in [0.15, 0.2) is 0 Å². The maximum Gasteiger partial charge on any atom is 0.0771 e. The van der Waals surface area contributed by atoms with Gasteiger partial charge >= 0.3 is 0 Å². The molecule has 2 heteroatoms. The van der Waals surface area contributed by atoms with Gasteiger partial charge in [-0.2, -0.15) is 0 Å². The summed E-state index contributed by atoms with van der Waals surface area (Å²) in [4.78, 5) is 0. The summed E-state index contributed by atoms with van der Waals surface area (Å²) in [5.74, 6) is 0. The molecular formula is C17H27NO. The van der Waals surface area contributed by atoms with Gasteiger partial charge in [0.2, 0.25) is 0 Å². The Hall–Kier alpha value is -0.860. The van der Waals surface area contributed by atoms with Gasteiger partial charge in [0.1, 0.15) is 0 Å². The van der Waals surface area contributed by atoms with Crippen LogP contribution in [0.1, 0.15) is 56.6 Å². The van der Waals surface area contributed by atoms with E-state index in [4.69, 9.17) is 0 Å². The molecule has 2 rings (SSSR count). The summed E-state index contributed by atoms with van der Waals surface area (Å²) in [5.41, 5.74) is 2.29. The van der Waals surface area contributed by atoms with E-state index in [0.717, 1.165) is 32.4 Å². The minimum Gasteiger partial charge on any atom is -0.389 e. The van der Waals surface area contributed by atoms with Gasteiger partial charge in [0, 0.05) is 13.1 Å². The molecule has 106 valence electrons. The molecule has 0 spiro atoms. The molecule has 0 atom stereocenters. The van der Waals surface area contributed by atoms with E-state index >= 15 is 0 Å². The number of benzene rings is 1. The average molecular weight is 261 g/mol. The van der Waals surface area contributed by atoms with Gasteiger partial charge in [0.25, 0.3) is 0 Å². The summed E-state index contributed by atoms with van der Waals surface area (Å²) in [7, 11) is 0. The van der Waals surface area contributed by atoms with Crippen molar-refractivity contribution >= 4 is 0 Å². The fraction of sp³-hybridized carbons (Fsp3) is 0.647. The molecule has 1 fully saturated rings. The van der Waals surface area contributed by atoms with Crippen LogP contribution in [-0.4, -0.2) is 17.3 Å². The monoisotopic (exact) mass is 261 g/mol. The molecule has 2 nitrogen and oxygen atoms in total. The number of aliphatic hydroxyl groups is 1. The van der Waals surface area contributed by atoms with E-state index in [0.29, 0.717) is 0 Å². The second-order valence-electron chi connectivity index (χ2n) is 5.86. The zero-order valence-corrected chi connectivity index (χ0v) is 12.1. The molecule has 2 N–H and O–H groups in total. The standard InChI is InChI=1S/C17H27NO/c1-2-15-9-5-6-10-16(15)13-18-14-17(19)11-7-3-4-8-12-17/h5-6,9-10,18-19H,2-4,7-8,11-14H2,1H3. The molecule has 0 aliphatic heterocycles. The SMILES string of the molecule is CCc1ccccc1CNCC1(O)CCCCCC1. The van der Waals surface area contributed by atoms with E-state index in [1.807, 2.05) is 0 Å². The maximum absolute atomic E-state index is 10.6. The highest BCUT2D eigenvalue weighted by Gasteiger charge is 2.27. The van der Waals surface area contributed by atoms with Crippen LogP contribution in [0.2, 0.25) is 0 Å². The molecule has 0 saturated heterocycles. The Labute approximate surface area is 117 Å². The van der Waals surface area contributed by atoms with E-state index in [1.165, 1.54) is 36.8 Å². The summed E-state index contributed by atoms with van der Waals surface area (Å²) in [6.45, 7) is 3.79. The van der Waals surface area contributed by atoms with Crippen LogP contribution in [0.25, 0.3) is 0 Å². The fourth-order valence-electron chi connectivity index (χ4n) is 3.07. The fourth-order valence-corrected chi connectivity index (χ4v) is 3.07. The number of hydrogen-bond acceptors (Lipinski definition) is 2. The Morgan fingerprint density at radius 2 is 1.68 bits per heavy atom. The zero-order chi connectivity index (χ0) is 13.6. The van der Waals surface area contributed by atoms with Crippen LogP contribution in [0, 0.1) is 0 Å². The second-order valence-corrected chi connectivity index (χ2v) is 5.86. The number of nitrogens with one attached hydrogen (secondary N) is 1. The van der Waals surface area contributed by atoms with Crippen LogP contribution in [0.15, 0.2) is 24.3 Å². The Balaban J connectivity index is 1.85. The Morgan fingerprint density at radius 1 is 1.05 bits per heavy atom. The first-order valence-corrected chi connectivity index (χ1v) is 7.73. The van der Waals surface area contributed by atoms with Gasteiger partial charge in [-0.15, -0.1) is 0 Å². The third-order valence-corrected chi connectivity index (χ3v) is 4.30. The molecule has 1 aliphatic rings. The first-order valence-electron chi connectivity index (χ1n) is 7.73. The van der Waals surface area contributed by atoms with Crippen LogP contribution in [0.3, 0.4) is 0 Å². The molecule has 1 saturated carbocycles. The van der Waals surface area contributed by atoms with Gasteiger partial charge in [-0.25, -0.2) is 0 Å². The van der Waals surface area contributed by atoms with Crippen molar-refractivity contribution in [3.63, 3.8) is 0 Å². The van der Waals surface area contributed by atoms with Crippen LogP contribution < -0.4 is 5.32 Å². The first kappa shape index (κ1) is 14.5. The van der Waals surface area contributed by atoms with Crippen molar-refractivity contribution in [3.8, 4) is 0 Å². The number of rotatable bonds is 5. The van der Waals surface area contributed by atoms with Gasteiger partial charge in [-0.1, -0.05) is 56.9 Å². The number of aryl methyl sites for hydroxylation is 1.